The van der Waals surface area contributed by atoms with Gasteiger partial charge in [0, 0.05) is 41.3 Å². The van der Waals surface area contributed by atoms with Crippen molar-refractivity contribution < 1.29 is 19.0 Å². The summed E-state index contributed by atoms with van der Waals surface area (Å²) in [6.07, 6.45) is 0.776. The maximum Gasteiger partial charge on any atom is 0.261 e. The Morgan fingerprint density at radius 2 is 1.66 bits per heavy atom. The maximum absolute atomic E-state index is 13.3. The van der Waals surface area contributed by atoms with E-state index in [0.29, 0.717) is 85.6 Å². The number of aryl methyl sites for hydroxylation is 1. The zero-order chi connectivity index (χ0) is 29.9. The highest BCUT2D eigenvalue weighted by Gasteiger charge is 2.27. The maximum atomic E-state index is 13.3. The molecule has 4 heterocycles. The van der Waals surface area contributed by atoms with Crippen LogP contribution >= 0.6 is 0 Å². The Kier molecular flexibility index (Phi) is 7.89. The van der Waals surface area contributed by atoms with Gasteiger partial charge >= 0.3 is 0 Å². The molecule has 11 nitrogen and oxygen atoms in total. The fourth-order valence-electron chi connectivity index (χ4n) is 5.95. The Bertz CT molecular complexity index is 1980. The van der Waals surface area contributed by atoms with E-state index in [9.17, 15) is 10.0 Å². The zero-order valence-corrected chi connectivity index (χ0v) is 24.1. The van der Waals surface area contributed by atoms with Crippen molar-refractivity contribution in [2.45, 2.75) is 26.1 Å². The number of aromatic nitrogens is 5. The van der Waals surface area contributed by atoms with E-state index in [1.54, 1.807) is 0 Å². The largest absolute Gasteiger partial charge is 0.378 e. The van der Waals surface area contributed by atoms with Crippen LogP contribution in [0.15, 0.2) is 88.3 Å². The standard InChI is InChI=1S/C33H32N6O5/c40-33-26-11-4-6-12-27(26)35-32-31-25(14-16-38(32)33)24-10-5-7-13-28(24)37(31)17-19-43-21-20-42-18-15-34-22-29-30(36-44-39(29)41)23-8-2-1-3-9-23/h1-13,34H,14-22H2. The van der Waals surface area contributed by atoms with E-state index in [1.807, 2.05) is 65.2 Å². The molecule has 7 rings (SSSR count). The van der Waals surface area contributed by atoms with Crippen molar-refractivity contribution in [3.63, 3.8) is 0 Å². The minimum Gasteiger partial charge on any atom is -0.378 e. The summed E-state index contributed by atoms with van der Waals surface area (Å²) in [7, 11) is 0. The van der Waals surface area contributed by atoms with E-state index in [0.717, 1.165) is 23.2 Å². The SMILES string of the molecule is O=c1c2ccccc2nc2n1CCc1c-2n(CCOCCOCCNCc2c(-c3ccccc3)no[n+]2[O-])c2ccccc12. The second kappa shape index (κ2) is 12.4. The Morgan fingerprint density at radius 1 is 0.909 bits per heavy atom. The topological polar surface area (TPSA) is 123 Å². The zero-order valence-electron chi connectivity index (χ0n) is 24.1. The summed E-state index contributed by atoms with van der Waals surface area (Å²) >= 11 is 0. The van der Waals surface area contributed by atoms with Gasteiger partial charge in [-0.05, 0) is 35.1 Å². The van der Waals surface area contributed by atoms with Gasteiger partial charge in [-0.15, -0.1) is 0 Å². The number of hydrogen-bond donors (Lipinski definition) is 1. The number of ether oxygens (including phenoxy) is 2. The normalized spacial score (nSPS) is 12.5. The molecule has 0 amide bonds. The molecule has 0 unspecified atom stereocenters. The van der Waals surface area contributed by atoms with Crippen molar-refractivity contribution in [1.82, 2.24) is 24.6 Å². The average molecular weight is 593 g/mol. The number of hydrogen-bond acceptors (Lipinski definition) is 8. The average Bonchev–Trinajstić information content (AvgIpc) is 3.59. The summed E-state index contributed by atoms with van der Waals surface area (Å²) < 4.78 is 20.5. The lowest BCUT2D eigenvalue weighted by atomic mass is 10.0. The van der Waals surface area contributed by atoms with Crippen LogP contribution in [-0.2, 0) is 35.5 Å². The number of benzene rings is 3. The highest BCUT2D eigenvalue weighted by molar-refractivity contribution is 5.92. The molecule has 0 fully saturated rings. The summed E-state index contributed by atoms with van der Waals surface area (Å²) in [6, 6.07) is 25.3. The molecule has 0 bridgehead atoms. The molecule has 0 saturated carbocycles. The monoisotopic (exact) mass is 592 g/mol. The molecule has 1 N–H and O–H groups in total. The Morgan fingerprint density at radius 3 is 2.52 bits per heavy atom. The fourth-order valence-corrected chi connectivity index (χ4v) is 5.95. The third-order valence-electron chi connectivity index (χ3n) is 8.03. The predicted octanol–water partition coefficient (Wildman–Crippen LogP) is 3.69. The molecule has 11 heteroatoms. The first kappa shape index (κ1) is 28.0. The van der Waals surface area contributed by atoms with E-state index >= 15 is 0 Å². The van der Waals surface area contributed by atoms with E-state index in [-0.39, 0.29) is 5.56 Å². The van der Waals surface area contributed by atoms with Gasteiger partial charge in [0.15, 0.2) is 5.82 Å². The first-order valence-corrected chi connectivity index (χ1v) is 14.8. The predicted molar refractivity (Wildman–Crippen MR) is 165 cm³/mol. The Balaban J connectivity index is 0.935. The van der Waals surface area contributed by atoms with Gasteiger partial charge in [0.2, 0.25) is 5.69 Å². The van der Waals surface area contributed by atoms with Crippen molar-refractivity contribution in [3.8, 4) is 22.8 Å². The highest BCUT2D eigenvalue weighted by Crippen LogP contribution is 2.36. The summed E-state index contributed by atoms with van der Waals surface area (Å²) in [5, 5.41) is 21.0. The molecular weight excluding hydrogens is 560 g/mol. The van der Waals surface area contributed by atoms with E-state index in [2.05, 4.69) is 33.2 Å². The van der Waals surface area contributed by atoms with Crippen LogP contribution in [-0.4, -0.2) is 52.2 Å². The van der Waals surface area contributed by atoms with Gasteiger partial charge in [0.05, 0.1) is 49.6 Å². The molecule has 0 spiro atoms. The van der Waals surface area contributed by atoms with Crippen LogP contribution in [0.3, 0.4) is 0 Å². The second-order valence-electron chi connectivity index (χ2n) is 10.6. The van der Waals surface area contributed by atoms with Gasteiger partial charge in [-0.25, -0.2) is 4.98 Å². The fraction of sp³-hybridized carbons (Fsp3) is 0.273. The molecule has 6 aromatic rings. The summed E-state index contributed by atoms with van der Waals surface area (Å²) in [4.78, 5) is 18.7. The molecular formula is C33H32N6O5. The van der Waals surface area contributed by atoms with Crippen molar-refractivity contribution in [2.24, 2.45) is 0 Å². The molecule has 1 aliphatic rings. The van der Waals surface area contributed by atoms with Crippen molar-refractivity contribution >= 4 is 21.8 Å². The molecule has 0 atom stereocenters. The number of fused-ring (bicyclic) bond motifs is 6. The molecule has 224 valence electrons. The minimum atomic E-state index is 0.00114. The van der Waals surface area contributed by atoms with E-state index in [1.165, 1.54) is 10.9 Å². The number of rotatable bonds is 12. The smallest absolute Gasteiger partial charge is 0.261 e. The minimum absolute atomic E-state index is 0.00114. The van der Waals surface area contributed by atoms with Crippen LogP contribution in [0.25, 0.3) is 44.6 Å². The first-order chi connectivity index (χ1) is 21.7. The number of nitrogens with zero attached hydrogens (tertiary/aromatic N) is 5. The summed E-state index contributed by atoms with van der Waals surface area (Å²) in [5.74, 6) is 0.714. The second-order valence-corrected chi connectivity index (χ2v) is 10.6. The van der Waals surface area contributed by atoms with Gasteiger partial charge < -0.3 is 24.6 Å². The third-order valence-corrected chi connectivity index (χ3v) is 8.03. The Hall–Kier alpha value is -4.84. The van der Waals surface area contributed by atoms with Crippen LogP contribution in [0.1, 0.15) is 11.3 Å². The van der Waals surface area contributed by atoms with Crippen molar-refractivity contribution in [3.05, 3.63) is 106 Å². The Labute approximate surface area is 252 Å². The van der Waals surface area contributed by atoms with E-state index in [4.69, 9.17) is 19.1 Å². The van der Waals surface area contributed by atoms with Crippen molar-refractivity contribution in [2.75, 3.05) is 33.0 Å². The molecule has 3 aromatic heterocycles. The lowest BCUT2D eigenvalue weighted by Crippen LogP contribution is -2.32. The highest BCUT2D eigenvalue weighted by atomic mass is 16.8. The van der Waals surface area contributed by atoms with Crippen LogP contribution < -0.4 is 15.8 Å². The summed E-state index contributed by atoms with van der Waals surface area (Å²) in [6.45, 7) is 3.96. The quantitative estimate of drug-likeness (QED) is 0.169. The van der Waals surface area contributed by atoms with Gasteiger partial charge in [-0.2, -0.15) is 0 Å². The first-order valence-electron chi connectivity index (χ1n) is 14.8. The van der Waals surface area contributed by atoms with Gasteiger partial charge in [-0.1, -0.05) is 60.7 Å². The van der Waals surface area contributed by atoms with Crippen LogP contribution in [0.4, 0.5) is 0 Å². The summed E-state index contributed by atoms with van der Waals surface area (Å²) in [5.41, 5.74) is 5.82. The van der Waals surface area contributed by atoms with Gasteiger partial charge in [0.25, 0.3) is 11.3 Å². The van der Waals surface area contributed by atoms with Crippen molar-refractivity contribution in [1.29, 1.82) is 0 Å². The van der Waals surface area contributed by atoms with Gasteiger partial charge in [-0.3, -0.25) is 14.0 Å². The number of nitrogens with one attached hydrogen (secondary N) is 1. The number of para-hydroxylation sites is 2. The van der Waals surface area contributed by atoms with Gasteiger partial charge in [0.1, 0.15) is 0 Å². The lowest BCUT2D eigenvalue weighted by molar-refractivity contribution is -0.808. The molecule has 0 aliphatic carbocycles. The lowest BCUT2D eigenvalue weighted by Gasteiger charge is -2.21. The van der Waals surface area contributed by atoms with E-state index < -0.39 is 0 Å². The van der Waals surface area contributed by atoms with Crippen LogP contribution in [0.2, 0.25) is 0 Å². The molecule has 0 radical (unpaired) electrons. The van der Waals surface area contributed by atoms with Crippen LogP contribution in [0.5, 0.6) is 0 Å². The molecule has 44 heavy (non-hydrogen) atoms. The molecule has 1 aliphatic heterocycles. The van der Waals surface area contributed by atoms with Crippen LogP contribution in [0, 0.1) is 5.21 Å². The molecule has 3 aromatic carbocycles. The molecule has 0 saturated heterocycles. The third kappa shape index (κ3) is 5.25.